The molecule has 0 amide bonds. The Labute approximate surface area is 113 Å². The Kier molecular flexibility index (Phi) is 4.51. The van der Waals surface area contributed by atoms with Gasteiger partial charge in [-0.15, -0.1) is 11.3 Å². The first kappa shape index (κ1) is 13.5. The first-order chi connectivity index (χ1) is 9.19. The van der Waals surface area contributed by atoms with E-state index in [0.717, 1.165) is 4.88 Å². The minimum atomic E-state index is -2.88. The number of nitrogens with zero attached hydrogens (tertiary/aromatic N) is 1. The van der Waals surface area contributed by atoms with Crippen molar-refractivity contribution in [3.05, 3.63) is 34.8 Å². The molecule has 1 heterocycles. The van der Waals surface area contributed by atoms with Gasteiger partial charge in [-0.2, -0.15) is 8.78 Å². The Balaban J connectivity index is 2.08. The Morgan fingerprint density at radius 2 is 2.21 bits per heavy atom. The molecule has 1 N–H and O–H groups in total. The topological polar surface area (TPSA) is 43.4 Å². The van der Waals surface area contributed by atoms with Crippen LogP contribution in [-0.2, 0) is 6.54 Å². The average Bonchev–Trinajstić information content (AvgIpc) is 2.89. The summed E-state index contributed by atoms with van der Waals surface area (Å²) in [4.78, 5) is 5.00. The van der Waals surface area contributed by atoms with Crippen LogP contribution in [0, 0.1) is 0 Å². The fourth-order valence-corrected chi connectivity index (χ4v) is 2.03. The largest absolute Gasteiger partial charge is 0.493 e. The smallest absolute Gasteiger partial charge is 0.387 e. The lowest BCUT2D eigenvalue weighted by molar-refractivity contribution is -0.0511. The highest BCUT2D eigenvalue weighted by molar-refractivity contribution is 7.09. The summed E-state index contributed by atoms with van der Waals surface area (Å²) >= 11 is 1.52. The summed E-state index contributed by atoms with van der Waals surface area (Å²) in [7, 11) is 1.40. The zero-order valence-electron chi connectivity index (χ0n) is 10.1. The molecule has 0 aliphatic heterocycles. The predicted octanol–water partition coefficient (Wildman–Crippen LogP) is 3.37. The van der Waals surface area contributed by atoms with Gasteiger partial charge in [0.2, 0.25) is 0 Å². The molecular formula is C12H12F2N2O2S. The Morgan fingerprint density at radius 3 is 2.84 bits per heavy atom. The lowest BCUT2D eigenvalue weighted by atomic mass is 10.2. The summed E-state index contributed by atoms with van der Waals surface area (Å²) in [5, 5.41) is 3.10. The molecule has 102 valence electrons. The van der Waals surface area contributed by atoms with Crippen LogP contribution in [0.15, 0.2) is 29.9 Å². The number of hydrogen-bond donors (Lipinski definition) is 1. The van der Waals surface area contributed by atoms with E-state index in [2.05, 4.69) is 15.0 Å². The Hall–Kier alpha value is -1.89. The van der Waals surface area contributed by atoms with Gasteiger partial charge in [0.1, 0.15) is 0 Å². The van der Waals surface area contributed by atoms with Crippen LogP contribution < -0.4 is 14.8 Å². The standard InChI is InChI=1S/C12H12F2N2O2S/c1-17-10-3-2-8(4-11(10)18-12(13)14)16-6-9-5-15-7-19-9/h2-5,7,12,16H,6H2,1H3. The van der Waals surface area contributed by atoms with Gasteiger partial charge in [0, 0.05) is 22.8 Å². The van der Waals surface area contributed by atoms with Crippen LogP contribution in [0.1, 0.15) is 4.88 Å². The minimum Gasteiger partial charge on any atom is -0.493 e. The van der Waals surface area contributed by atoms with Gasteiger partial charge in [0.25, 0.3) is 0 Å². The van der Waals surface area contributed by atoms with E-state index in [-0.39, 0.29) is 11.5 Å². The number of thiazole rings is 1. The number of rotatable bonds is 6. The van der Waals surface area contributed by atoms with E-state index in [1.807, 2.05) is 0 Å². The number of alkyl halides is 2. The van der Waals surface area contributed by atoms with Gasteiger partial charge < -0.3 is 14.8 Å². The highest BCUT2D eigenvalue weighted by Gasteiger charge is 2.11. The number of benzene rings is 1. The first-order valence-electron chi connectivity index (χ1n) is 5.43. The number of halogens is 2. The second kappa shape index (κ2) is 6.33. The molecule has 19 heavy (non-hydrogen) atoms. The van der Waals surface area contributed by atoms with E-state index in [0.29, 0.717) is 12.2 Å². The lowest BCUT2D eigenvalue weighted by Crippen LogP contribution is -2.04. The van der Waals surface area contributed by atoms with Crippen LogP contribution in [-0.4, -0.2) is 18.7 Å². The first-order valence-corrected chi connectivity index (χ1v) is 6.31. The van der Waals surface area contributed by atoms with Crippen molar-refractivity contribution in [2.45, 2.75) is 13.2 Å². The van der Waals surface area contributed by atoms with Gasteiger partial charge in [-0.25, -0.2) is 0 Å². The van der Waals surface area contributed by atoms with Crippen LogP contribution in [0.3, 0.4) is 0 Å². The lowest BCUT2D eigenvalue weighted by Gasteiger charge is -2.12. The summed E-state index contributed by atoms with van der Waals surface area (Å²) in [6.45, 7) is -2.31. The van der Waals surface area contributed by atoms with Crippen LogP contribution in [0.2, 0.25) is 0 Å². The molecule has 1 aromatic carbocycles. The molecule has 2 aromatic rings. The molecule has 0 aliphatic rings. The third-order valence-corrected chi connectivity index (χ3v) is 3.11. The number of nitrogens with one attached hydrogen (secondary N) is 1. The van der Waals surface area contributed by atoms with Crippen LogP contribution >= 0.6 is 11.3 Å². The van der Waals surface area contributed by atoms with Crippen LogP contribution in [0.25, 0.3) is 0 Å². The molecule has 0 atom stereocenters. The molecule has 0 saturated carbocycles. The molecule has 7 heteroatoms. The van der Waals surface area contributed by atoms with E-state index < -0.39 is 6.61 Å². The summed E-state index contributed by atoms with van der Waals surface area (Å²) < 4.78 is 33.9. The van der Waals surface area contributed by atoms with E-state index in [1.54, 1.807) is 23.8 Å². The average molecular weight is 286 g/mol. The van der Waals surface area contributed by atoms with Crippen molar-refractivity contribution in [1.82, 2.24) is 4.98 Å². The number of hydrogen-bond acceptors (Lipinski definition) is 5. The zero-order valence-corrected chi connectivity index (χ0v) is 10.9. The summed E-state index contributed by atoms with van der Waals surface area (Å²) in [5.74, 6) is 0.274. The van der Waals surface area contributed by atoms with Crippen molar-refractivity contribution in [1.29, 1.82) is 0 Å². The number of methoxy groups -OCH3 is 1. The van der Waals surface area contributed by atoms with Gasteiger partial charge in [-0.05, 0) is 12.1 Å². The number of ether oxygens (including phenoxy) is 2. The van der Waals surface area contributed by atoms with Gasteiger partial charge in [-0.3, -0.25) is 4.98 Å². The summed E-state index contributed by atoms with van der Waals surface area (Å²) in [5.41, 5.74) is 2.40. The number of aromatic nitrogens is 1. The molecule has 1 aromatic heterocycles. The highest BCUT2D eigenvalue weighted by Crippen LogP contribution is 2.31. The van der Waals surface area contributed by atoms with Crippen molar-refractivity contribution in [2.24, 2.45) is 0 Å². The minimum absolute atomic E-state index is 0.00630. The predicted molar refractivity (Wildman–Crippen MR) is 69.1 cm³/mol. The van der Waals surface area contributed by atoms with E-state index in [4.69, 9.17) is 4.74 Å². The third kappa shape index (κ3) is 3.78. The van der Waals surface area contributed by atoms with Crippen LogP contribution in [0.5, 0.6) is 11.5 Å². The Morgan fingerprint density at radius 1 is 1.37 bits per heavy atom. The molecule has 0 saturated heterocycles. The maximum atomic E-state index is 12.3. The molecule has 0 fully saturated rings. The zero-order chi connectivity index (χ0) is 13.7. The fraction of sp³-hybridized carbons (Fsp3) is 0.250. The second-order valence-corrected chi connectivity index (χ2v) is 4.54. The van der Waals surface area contributed by atoms with Gasteiger partial charge in [0.15, 0.2) is 11.5 Å². The SMILES string of the molecule is COc1ccc(NCc2cncs2)cc1OC(F)F. The van der Waals surface area contributed by atoms with Crippen molar-refractivity contribution in [2.75, 3.05) is 12.4 Å². The summed E-state index contributed by atoms with van der Waals surface area (Å²) in [6, 6.07) is 4.79. The second-order valence-electron chi connectivity index (χ2n) is 3.57. The highest BCUT2D eigenvalue weighted by atomic mass is 32.1. The molecule has 0 spiro atoms. The fourth-order valence-electron chi connectivity index (χ4n) is 1.49. The summed E-state index contributed by atoms with van der Waals surface area (Å²) in [6.07, 6.45) is 1.75. The molecular weight excluding hydrogens is 274 g/mol. The maximum Gasteiger partial charge on any atom is 0.387 e. The van der Waals surface area contributed by atoms with Crippen molar-refractivity contribution in [3.63, 3.8) is 0 Å². The Bertz CT molecular complexity index is 520. The molecule has 0 unspecified atom stereocenters. The van der Waals surface area contributed by atoms with Gasteiger partial charge in [0.05, 0.1) is 19.2 Å². The molecule has 0 aliphatic carbocycles. The van der Waals surface area contributed by atoms with Gasteiger partial charge >= 0.3 is 6.61 Å². The maximum absolute atomic E-state index is 12.3. The molecule has 0 radical (unpaired) electrons. The van der Waals surface area contributed by atoms with Crippen molar-refractivity contribution >= 4 is 17.0 Å². The molecule has 0 bridgehead atoms. The van der Waals surface area contributed by atoms with E-state index in [9.17, 15) is 8.78 Å². The monoisotopic (exact) mass is 286 g/mol. The molecule has 2 rings (SSSR count). The van der Waals surface area contributed by atoms with Gasteiger partial charge in [-0.1, -0.05) is 0 Å². The third-order valence-electron chi connectivity index (χ3n) is 2.33. The quantitative estimate of drug-likeness (QED) is 0.884. The van der Waals surface area contributed by atoms with Crippen molar-refractivity contribution < 1.29 is 18.3 Å². The van der Waals surface area contributed by atoms with E-state index in [1.165, 1.54) is 24.5 Å². The normalized spacial score (nSPS) is 10.5. The van der Waals surface area contributed by atoms with Crippen LogP contribution in [0.4, 0.5) is 14.5 Å². The number of anilines is 1. The van der Waals surface area contributed by atoms with E-state index >= 15 is 0 Å². The van der Waals surface area contributed by atoms with Crippen molar-refractivity contribution in [3.8, 4) is 11.5 Å². The molecule has 4 nitrogen and oxygen atoms in total.